The predicted octanol–water partition coefficient (Wildman–Crippen LogP) is 3.68. The van der Waals surface area contributed by atoms with Gasteiger partial charge in [-0.05, 0) is 28.8 Å². The van der Waals surface area contributed by atoms with Crippen molar-refractivity contribution >= 4 is 11.3 Å². The lowest BCUT2D eigenvalue weighted by atomic mass is 9.98. The molecule has 0 aliphatic rings. The van der Waals surface area contributed by atoms with Crippen LogP contribution in [0.5, 0.6) is 17.2 Å². The van der Waals surface area contributed by atoms with Gasteiger partial charge in [-0.1, -0.05) is 18.7 Å². The van der Waals surface area contributed by atoms with Crippen molar-refractivity contribution in [2.75, 3.05) is 21.3 Å². The Hall–Kier alpha value is -3.02. The van der Waals surface area contributed by atoms with Gasteiger partial charge >= 0.3 is 0 Å². The van der Waals surface area contributed by atoms with Crippen LogP contribution in [-0.4, -0.2) is 26.3 Å². The van der Waals surface area contributed by atoms with Crippen molar-refractivity contribution in [2.24, 2.45) is 0 Å². The van der Waals surface area contributed by atoms with Crippen LogP contribution in [0.25, 0.3) is 5.57 Å². The smallest absolute Gasteiger partial charge is 0.270 e. The fourth-order valence-corrected chi connectivity index (χ4v) is 2.23. The maximum Gasteiger partial charge on any atom is 0.270 e. The number of hydrogen-bond acceptors (Lipinski definition) is 5. The van der Waals surface area contributed by atoms with Gasteiger partial charge in [0.2, 0.25) is 5.75 Å². The standard InChI is InChI=1S/C17H17NO5/c1-11(12-6-5-7-14(8-12)18(19)20)13-9-15(21-2)17(23-4)16(10-13)22-3/h5-10H,1H2,2-4H3. The predicted molar refractivity (Wildman–Crippen MR) is 87.3 cm³/mol. The molecule has 2 aromatic rings. The van der Waals surface area contributed by atoms with E-state index in [4.69, 9.17) is 14.2 Å². The third kappa shape index (κ3) is 3.26. The summed E-state index contributed by atoms with van der Waals surface area (Å²) in [5.74, 6) is 1.47. The Balaban J connectivity index is 2.51. The van der Waals surface area contributed by atoms with Gasteiger partial charge in [-0.2, -0.15) is 0 Å². The Morgan fingerprint density at radius 1 is 1.00 bits per heavy atom. The van der Waals surface area contributed by atoms with Gasteiger partial charge in [0.15, 0.2) is 11.5 Å². The summed E-state index contributed by atoms with van der Waals surface area (Å²) in [6, 6.07) is 9.80. The van der Waals surface area contributed by atoms with Crippen molar-refractivity contribution in [1.29, 1.82) is 0 Å². The summed E-state index contributed by atoms with van der Waals surface area (Å²) < 4.78 is 15.9. The Kier molecular flexibility index (Phi) is 4.85. The molecule has 0 bridgehead atoms. The Morgan fingerprint density at radius 3 is 2.09 bits per heavy atom. The summed E-state index contributed by atoms with van der Waals surface area (Å²) in [7, 11) is 4.57. The molecule has 23 heavy (non-hydrogen) atoms. The maximum absolute atomic E-state index is 10.9. The second kappa shape index (κ2) is 6.83. The lowest BCUT2D eigenvalue weighted by Crippen LogP contribution is -1.97. The zero-order chi connectivity index (χ0) is 17.0. The van der Waals surface area contributed by atoms with E-state index in [0.29, 0.717) is 28.4 Å². The lowest BCUT2D eigenvalue weighted by molar-refractivity contribution is -0.384. The number of nitro groups is 1. The quantitative estimate of drug-likeness (QED) is 0.600. The molecule has 0 radical (unpaired) electrons. The number of benzene rings is 2. The highest BCUT2D eigenvalue weighted by molar-refractivity contribution is 5.81. The molecule has 0 atom stereocenters. The van der Waals surface area contributed by atoms with Crippen molar-refractivity contribution in [2.45, 2.75) is 0 Å². The van der Waals surface area contributed by atoms with E-state index in [2.05, 4.69) is 6.58 Å². The molecule has 120 valence electrons. The van der Waals surface area contributed by atoms with Gasteiger partial charge in [-0.15, -0.1) is 0 Å². The second-order valence-corrected chi connectivity index (χ2v) is 4.70. The van der Waals surface area contributed by atoms with E-state index >= 15 is 0 Å². The summed E-state index contributed by atoms with van der Waals surface area (Å²) in [4.78, 5) is 10.5. The molecule has 0 saturated carbocycles. The number of hydrogen-bond donors (Lipinski definition) is 0. The van der Waals surface area contributed by atoms with Crippen molar-refractivity contribution in [3.8, 4) is 17.2 Å². The molecule has 0 heterocycles. The average Bonchev–Trinajstić information content (AvgIpc) is 2.59. The number of ether oxygens (including phenoxy) is 3. The van der Waals surface area contributed by atoms with Crippen molar-refractivity contribution in [1.82, 2.24) is 0 Å². The largest absolute Gasteiger partial charge is 0.493 e. The lowest BCUT2D eigenvalue weighted by Gasteiger charge is -2.15. The van der Waals surface area contributed by atoms with Gasteiger partial charge in [-0.25, -0.2) is 0 Å². The fourth-order valence-electron chi connectivity index (χ4n) is 2.23. The van der Waals surface area contributed by atoms with E-state index in [9.17, 15) is 10.1 Å². The third-order valence-electron chi connectivity index (χ3n) is 3.42. The zero-order valence-electron chi connectivity index (χ0n) is 13.2. The normalized spacial score (nSPS) is 10.0. The second-order valence-electron chi connectivity index (χ2n) is 4.70. The average molecular weight is 315 g/mol. The number of nitro benzene ring substituents is 1. The van der Waals surface area contributed by atoms with Crippen LogP contribution in [0, 0.1) is 10.1 Å². The molecule has 0 unspecified atom stereocenters. The van der Waals surface area contributed by atoms with E-state index in [1.54, 1.807) is 24.3 Å². The van der Waals surface area contributed by atoms with Crippen molar-refractivity contribution in [3.05, 3.63) is 64.2 Å². The van der Waals surface area contributed by atoms with Crippen LogP contribution in [0.2, 0.25) is 0 Å². The van der Waals surface area contributed by atoms with Gasteiger partial charge < -0.3 is 14.2 Å². The summed E-state index contributed by atoms with van der Waals surface area (Å²) in [6.45, 7) is 4.03. The first-order valence-electron chi connectivity index (χ1n) is 6.76. The monoisotopic (exact) mass is 315 g/mol. The molecule has 0 saturated heterocycles. The molecule has 2 rings (SSSR count). The molecule has 0 N–H and O–H groups in total. The van der Waals surface area contributed by atoms with E-state index in [1.165, 1.54) is 33.5 Å². The molecule has 0 aromatic heterocycles. The van der Waals surface area contributed by atoms with Gasteiger partial charge in [0.05, 0.1) is 26.3 Å². The highest BCUT2D eigenvalue weighted by atomic mass is 16.6. The molecule has 0 amide bonds. The number of nitrogens with zero attached hydrogens (tertiary/aromatic N) is 1. The molecule has 0 aliphatic carbocycles. The van der Waals surface area contributed by atoms with E-state index < -0.39 is 4.92 Å². The zero-order valence-corrected chi connectivity index (χ0v) is 13.2. The van der Waals surface area contributed by atoms with Crippen LogP contribution in [0.1, 0.15) is 11.1 Å². The molecule has 0 spiro atoms. The molecule has 6 nitrogen and oxygen atoms in total. The number of rotatable bonds is 6. The first-order valence-corrected chi connectivity index (χ1v) is 6.76. The third-order valence-corrected chi connectivity index (χ3v) is 3.42. The van der Waals surface area contributed by atoms with E-state index in [0.717, 1.165) is 5.56 Å². The topological polar surface area (TPSA) is 70.8 Å². The van der Waals surface area contributed by atoms with Crippen LogP contribution in [0.4, 0.5) is 5.69 Å². The van der Waals surface area contributed by atoms with E-state index in [-0.39, 0.29) is 5.69 Å². The Morgan fingerprint density at radius 2 is 1.61 bits per heavy atom. The van der Waals surface area contributed by atoms with Crippen molar-refractivity contribution in [3.63, 3.8) is 0 Å². The van der Waals surface area contributed by atoms with Crippen LogP contribution in [0.15, 0.2) is 43.0 Å². The number of methoxy groups -OCH3 is 3. The fraction of sp³-hybridized carbons (Fsp3) is 0.176. The van der Waals surface area contributed by atoms with Gasteiger partial charge in [0, 0.05) is 12.1 Å². The SMILES string of the molecule is C=C(c1cccc([N+](=O)[O-])c1)c1cc(OC)c(OC)c(OC)c1. The van der Waals surface area contributed by atoms with Crippen LogP contribution in [-0.2, 0) is 0 Å². The molecular weight excluding hydrogens is 298 g/mol. The number of non-ortho nitro benzene ring substituents is 1. The minimum atomic E-state index is -0.439. The first-order chi connectivity index (χ1) is 11.0. The van der Waals surface area contributed by atoms with E-state index in [1.807, 2.05) is 0 Å². The maximum atomic E-state index is 10.9. The highest BCUT2D eigenvalue weighted by Crippen LogP contribution is 2.40. The minimum absolute atomic E-state index is 0.0103. The van der Waals surface area contributed by atoms with Crippen LogP contribution >= 0.6 is 0 Å². The van der Waals surface area contributed by atoms with Crippen molar-refractivity contribution < 1.29 is 19.1 Å². The Bertz CT molecular complexity index is 729. The molecule has 0 fully saturated rings. The molecular formula is C17H17NO5. The summed E-state index contributed by atoms with van der Waals surface area (Å²) in [5.41, 5.74) is 2.00. The highest BCUT2D eigenvalue weighted by Gasteiger charge is 2.16. The molecule has 2 aromatic carbocycles. The molecule has 6 heteroatoms. The summed E-state index contributed by atoms with van der Waals surface area (Å²) in [5, 5.41) is 10.9. The van der Waals surface area contributed by atoms with Gasteiger partial charge in [0.25, 0.3) is 5.69 Å². The summed E-state index contributed by atoms with van der Waals surface area (Å²) >= 11 is 0. The van der Waals surface area contributed by atoms with Gasteiger partial charge in [0.1, 0.15) is 0 Å². The Labute approximate surface area is 134 Å². The first kappa shape index (κ1) is 16.4. The minimum Gasteiger partial charge on any atom is -0.493 e. The van der Waals surface area contributed by atoms with Crippen LogP contribution in [0.3, 0.4) is 0 Å². The van der Waals surface area contributed by atoms with Crippen LogP contribution < -0.4 is 14.2 Å². The summed E-state index contributed by atoms with van der Waals surface area (Å²) in [6.07, 6.45) is 0. The van der Waals surface area contributed by atoms with Gasteiger partial charge in [-0.3, -0.25) is 10.1 Å². The molecule has 0 aliphatic heterocycles.